The van der Waals surface area contributed by atoms with Crippen molar-refractivity contribution in [1.29, 1.82) is 0 Å². The molecule has 2 aromatic rings. The first kappa shape index (κ1) is 12.1. The van der Waals surface area contributed by atoms with E-state index in [4.69, 9.17) is 16.3 Å². The molecule has 0 aliphatic carbocycles. The van der Waals surface area contributed by atoms with Gasteiger partial charge in [0.25, 0.3) is 0 Å². The Labute approximate surface area is 103 Å². The molecule has 17 heavy (non-hydrogen) atoms. The van der Waals surface area contributed by atoms with Gasteiger partial charge < -0.3 is 15.2 Å². The topological polar surface area (TPSA) is 71.7 Å². The molecular weight excluding hydrogens is 244 g/mol. The lowest BCUT2D eigenvalue weighted by Gasteiger charge is -2.08. The lowest BCUT2D eigenvalue weighted by molar-refractivity contribution is 0.0726. The average molecular weight is 257 g/mol. The lowest BCUT2D eigenvalue weighted by Crippen LogP contribution is -2.24. The number of nitrogens with one attached hydrogen (secondary N) is 1. The lowest BCUT2D eigenvalue weighted by atomic mass is 10.4. The van der Waals surface area contributed by atoms with Crippen LogP contribution >= 0.6 is 11.6 Å². The molecule has 0 amide bonds. The van der Waals surface area contributed by atoms with Gasteiger partial charge in [0.05, 0.1) is 17.7 Å². The largest absolute Gasteiger partial charge is 0.389 e. The number of anilines is 1. The van der Waals surface area contributed by atoms with Crippen molar-refractivity contribution >= 4 is 23.2 Å². The van der Waals surface area contributed by atoms with E-state index in [1.54, 1.807) is 22.8 Å². The number of pyridine rings is 1. The van der Waals surface area contributed by atoms with Crippen molar-refractivity contribution in [3.8, 4) is 0 Å². The highest BCUT2D eigenvalue weighted by atomic mass is 35.5. The maximum Gasteiger partial charge on any atom is 0.243 e. The maximum absolute atomic E-state index is 9.46. The Balaban J connectivity index is 2.04. The summed E-state index contributed by atoms with van der Waals surface area (Å²) in [7, 11) is 1.54. The van der Waals surface area contributed by atoms with Crippen LogP contribution in [0, 0.1) is 0 Å². The van der Waals surface area contributed by atoms with Gasteiger partial charge in [-0.15, -0.1) is 5.10 Å². The fourth-order valence-corrected chi connectivity index (χ4v) is 1.55. The molecule has 7 heteroatoms. The number of rotatable bonds is 5. The van der Waals surface area contributed by atoms with Crippen molar-refractivity contribution in [2.75, 3.05) is 25.6 Å². The van der Waals surface area contributed by atoms with E-state index in [0.29, 0.717) is 23.2 Å². The van der Waals surface area contributed by atoms with E-state index in [2.05, 4.69) is 15.4 Å². The van der Waals surface area contributed by atoms with Crippen molar-refractivity contribution in [3.63, 3.8) is 0 Å². The second-order valence-electron chi connectivity index (χ2n) is 3.58. The van der Waals surface area contributed by atoms with Gasteiger partial charge >= 0.3 is 0 Å². The van der Waals surface area contributed by atoms with Gasteiger partial charge in [-0.1, -0.05) is 11.6 Å². The molecule has 1 unspecified atom stereocenters. The third-order valence-corrected chi connectivity index (χ3v) is 2.37. The molecule has 0 aliphatic rings. The van der Waals surface area contributed by atoms with Crippen LogP contribution < -0.4 is 5.32 Å². The van der Waals surface area contributed by atoms with Crippen LogP contribution in [-0.4, -0.2) is 46.1 Å². The zero-order chi connectivity index (χ0) is 12.3. The average Bonchev–Trinajstić information content (AvgIpc) is 2.68. The van der Waals surface area contributed by atoms with Gasteiger partial charge in [-0.2, -0.15) is 4.98 Å². The Kier molecular flexibility index (Phi) is 3.78. The molecule has 0 fully saturated rings. The number of aromatic nitrogens is 3. The molecule has 2 heterocycles. The van der Waals surface area contributed by atoms with E-state index >= 15 is 0 Å². The van der Waals surface area contributed by atoms with Crippen LogP contribution in [0.1, 0.15) is 0 Å². The zero-order valence-electron chi connectivity index (χ0n) is 9.30. The molecule has 92 valence electrons. The number of nitrogens with zero attached hydrogens (tertiary/aromatic N) is 3. The van der Waals surface area contributed by atoms with Gasteiger partial charge in [0.2, 0.25) is 5.95 Å². The van der Waals surface area contributed by atoms with Crippen LogP contribution in [0.5, 0.6) is 0 Å². The fraction of sp³-hybridized carbons (Fsp3) is 0.400. The normalized spacial score (nSPS) is 12.9. The predicted molar refractivity (Wildman–Crippen MR) is 64.4 cm³/mol. The van der Waals surface area contributed by atoms with Crippen LogP contribution in [-0.2, 0) is 4.74 Å². The summed E-state index contributed by atoms with van der Waals surface area (Å²) in [6, 6.07) is 3.52. The maximum atomic E-state index is 9.46. The standard InChI is InChI=1S/C10H13ClN4O2/c1-17-6-8(16)4-12-10-13-9-3-2-7(11)5-15(9)14-10/h2-3,5,8,16H,4,6H2,1H3,(H,12,14). The van der Waals surface area contributed by atoms with Gasteiger partial charge in [0.1, 0.15) is 0 Å². The Morgan fingerprint density at radius 3 is 3.18 bits per heavy atom. The first-order valence-electron chi connectivity index (χ1n) is 5.12. The molecule has 0 bridgehead atoms. The predicted octanol–water partition coefficient (Wildman–Crippen LogP) is 0.802. The van der Waals surface area contributed by atoms with Crippen molar-refractivity contribution < 1.29 is 9.84 Å². The van der Waals surface area contributed by atoms with Crippen molar-refractivity contribution in [2.45, 2.75) is 6.10 Å². The molecule has 2 rings (SSSR count). The minimum atomic E-state index is -0.588. The summed E-state index contributed by atoms with van der Waals surface area (Å²) in [5.74, 6) is 0.447. The number of aliphatic hydroxyl groups is 1. The monoisotopic (exact) mass is 256 g/mol. The summed E-state index contributed by atoms with van der Waals surface area (Å²) in [6.45, 7) is 0.602. The third kappa shape index (κ3) is 3.06. The highest BCUT2D eigenvalue weighted by Crippen LogP contribution is 2.11. The highest BCUT2D eigenvalue weighted by Gasteiger charge is 2.06. The summed E-state index contributed by atoms with van der Waals surface area (Å²) in [4.78, 5) is 4.22. The van der Waals surface area contributed by atoms with Gasteiger partial charge in [-0.25, -0.2) is 4.52 Å². The number of aliphatic hydroxyl groups excluding tert-OH is 1. The number of hydrogen-bond donors (Lipinski definition) is 2. The molecule has 1 atom stereocenters. The third-order valence-electron chi connectivity index (χ3n) is 2.15. The van der Waals surface area contributed by atoms with Crippen molar-refractivity contribution in [1.82, 2.24) is 14.6 Å². The summed E-state index contributed by atoms with van der Waals surface area (Å²) in [5, 5.41) is 17.1. The van der Waals surface area contributed by atoms with Crippen LogP contribution in [0.2, 0.25) is 5.02 Å². The van der Waals surface area contributed by atoms with Crippen molar-refractivity contribution in [3.05, 3.63) is 23.4 Å². The zero-order valence-corrected chi connectivity index (χ0v) is 10.1. The number of fused-ring (bicyclic) bond motifs is 1. The quantitative estimate of drug-likeness (QED) is 0.828. The summed E-state index contributed by atoms with van der Waals surface area (Å²) < 4.78 is 6.39. The minimum absolute atomic E-state index is 0.270. The first-order chi connectivity index (χ1) is 8.19. The Morgan fingerprint density at radius 2 is 2.41 bits per heavy atom. The molecule has 6 nitrogen and oxygen atoms in total. The van der Waals surface area contributed by atoms with Gasteiger partial charge in [-0.3, -0.25) is 0 Å². The van der Waals surface area contributed by atoms with E-state index < -0.39 is 6.10 Å². The second-order valence-corrected chi connectivity index (χ2v) is 4.01. The Bertz CT molecular complexity index is 502. The summed E-state index contributed by atoms with van der Waals surface area (Å²) in [6.07, 6.45) is 1.08. The molecular formula is C10H13ClN4O2. The molecule has 2 aromatic heterocycles. The summed E-state index contributed by atoms with van der Waals surface area (Å²) in [5.41, 5.74) is 0.693. The van der Waals surface area contributed by atoms with Gasteiger partial charge in [-0.05, 0) is 12.1 Å². The van der Waals surface area contributed by atoms with E-state index in [1.165, 1.54) is 7.11 Å². The number of ether oxygens (including phenoxy) is 1. The first-order valence-corrected chi connectivity index (χ1v) is 5.49. The molecule has 0 spiro atoms. The second kappa shape index (κ2) is 5.31. The van der Waals surface area contributed by atoms with E-state index in [-0.39, 0.29) is 6.61 Å². The van der Waals surface area contributed by atoms with Crippen LogP contribution in [0.25, 0.3) is 5.65 Å². The van der Waals surface area contributed by atoms with E-state index in [1.807, 2.05) is 0 Å². The molecule has 0 aliphatic heterocycles. The minimum Gasteiger partial charge on any atom is -0.389 e. The van der Waals surface area contributed by atoms with Crippen LogP contribution in [0.4, 0.5) is 5.95 Å². The Hall–Kier alpha value is -1.37. The molecule has 0 saturated carbocycles. The van der Waals surface area contributed by atoms with E-state index in [9.17, 15) is 5.11 Å². The fourth-order valence-electron chi connectivity index (χ4n) is 1.39. The summed E-state index contributed by atoms with van der Waals surface area (Å²) >= 11 is 5.83. The molecule has 0 aromatic carbocycles. The molecule has 2 N–H and O–H groups in total. The van der Waals surface area contributed by atoms with Gasteiger partial charge in [0, 0.05) is 19.9 Å². The van der Waals surface area contributed by atoms with Crippen molar-refractivity contribution in [2.24, 2.45) is 0 Å². The van der Waals surface area contributed by atoms with E-state index in [0.717, 1.165) is 0 Å². The SMILES string of the molecule is COCC(O)CNc1nc2ccc(Cl)cn2n1. The highest BCUT2D eigenvalue weighted by molar-refractivity contribution is 6.30. The van der Waals surface area contributed by atoms with Gasteiger partial charge in [0.15, 0.2) is 5.65 Å². The Morgan fingerprint density at radius 1 is 1.59 bits per heavy atom. The van der Waals surface area contributed by atoms with Crippen LogP contribution in [0.3, 0.4) is 0 Å². The number of hydrogen-bond acceptors (Lipinski definition) is 5. The molecule has 0 radical (unpaired) electrons. The smallest absolute Gasteiger partial charge is 0.243 e. The van der Waals surface area contributed by atoms with Crippen LogP contribution in [0.15, 0.2) is 18.3 Å². The molecule has 0 saturated heterocycles. The number of methoxy groups -OCH3 is 1. The number of halogens is 1.